The van der Waals surface area contributed by atoms with E-state index >= 15 is 0 Å². The maximum Gasteiger partial charge on any atom is 0.268 e. The Hall–Kier alpha value is -2.59. The predicted octanol–water partition coefficient (Wildman–Crippen LogP) is 1.23. The Morgan fingerprint density at radius 1 is 1.24 bits per heavy atom. The topological polar surface area (TPSA) is 114 Å². The minimum absolute atomic E-state index is 0.0852. The molecule has 1 aliphatic heterocycles. The lowest BCUT2D eigenvalue weighted by atomic mass is 10.2. The zero-order valence-corrected chi connectivity index (χ0v) is 17.4. The number of carbonyl (C=O) groups excluding carboxylic acids is 2. The third kappa shape index (κ3) is 4.88. The first-order valence-electron chi connectivity index (χ1n) is 9.56. The molecule has 2 amide bonds. The Bertz CT molecular complexity index is 959. The van der Waals surface area contributed by atoms with E-state index in [9.17, 15) is 18.0 Å². The van der Waals surface area contributed by atoms with Crippen molar-refractivity contribution >= 4 is 21.8 Å². The SMILES string of the molecule is CC(NC(=O)c1cc(S(=O)(=O)N2CCCCC2)cn1C)C(=O)NCc1ccco1. The molecule has 9 nitrogen and oxygen atoms in total. The molecule has 10 heteroatoms. The average Bonchev–Trinajstić information content (AvgIpc) is 3.36. The van der Waals surface area contributed by atoms with Crippen molar-refractivity contribution in [1.82, 2.24) is 19.5 Å². The molecule has 0 saturated carbocycles. The predicted molar refractivity (Wildman–Crippen MR) is 106 cm³/mol. The van der Waals surface area contributed by atoms with Crippen LogP contribution < -0.4 is 10.6 Å². The van der Waals surface area contributed by atoms with Gasteiger partial charge in [-0.25, -0.2) is 8.42 Å². The molecule has 0 radical (unpaired) electrons. The maximum atomic E-state index is 12.8. The van der Waals surface area contributed by atoms with E-state index in [0.29, 0.717) is 18.8 Å². The second-order valence-electron chi connectivity index (χ2n) is 7.13. The number of nitrogens with one attached hydrogen (secondary N) is 2. The summed E-state index contributed by atoms with van der Waals surface area (Å²) in [5, 5.41) is 5.27. The number of aromatic nitrogens is 1. The fourth-order valence-corrected chi connectivity index (χ4v) is 4.82. The number of aryl methyl sites for hydroxylation is 1. The Morgan fingerprint density at radius 3 is 2.62 bits per heavy atom. The van der Waals surface area contributed by atoms with Crippen molar-refractivity contribution in [3.05, 3.63) is 42.1 Å². The summed E-state index contributed by atoms with van der Waals surface area (Å²) in [7, 11) is -2.03. The first kappa shape index (κ1) is 21.1. The molecular formula is C19H26N4O5S. The standard InChI is InChI=1S/C19H26N4O5S/c1-14(18(24)20-12-15-7-6-10-28-15)21-19(25)17-11-16(13-22(17)2)29(26,27)23-8-4-3-5-9-23/h6-7,10-11,13-14H,3-5,8-9,12H2,1-2H3,(H,20,24)(H,21,25). The Labute approximate surface area is 170 Å². The number of carbonyl (C=O) groups is 2. The van der Waals surface area contributed by atoms with E-state index in [-0.39, 0.29) is 23.0 Å². The van der Waals surface area contributed by atoms with E-state index in [1.165, 1.54) is 27.4 Å². The van der Waals surface area contributed by atoms with Gasteiger partial charge in [-0.15, -0.1) is 0 Å². The van der Waals surface area contributed by atoms with Crippen LogP contribution in [0.15, 0.2) is 40.0 Å². The molecule has 1 fully saturated rings. The van der Waals surface area contributed by atoms with Crippen molar-refractivity contribution in [1.29, 1.82) is 0 Å². The van der Waals surface area contributed by atoms with Crippen LogP contribution in [0.25, 0.3) is 0 Å². The van der Waals surface area contributed by atoms with Crippen LogP contribution in [-0.4, -0.2) is 48.2 Å². The van der Waals surface area contributed by atoms with E-state index in [1.54, 1.807) is 26.1 Å². The van der Waals surface area contributed by atoms with Gasteiger partial charge in [-0.1, -0.05) is 6.42 Å². The molecule has 0 bridgehead atoms. The van der Waals surface area contributed by atoms with E-state index in [1.807, 2.05) is 0 Å². The molecule has 0 aromatic carbocycles. The van der Waals surface area contributed by atoms with Gasteiger partial charge in [0, 0.05) is 26.3 Å². The van der Waals surface area contributed by atoms with E-state index in [2.05, 4.69) is 10.6 Å². The number of hydrogen-bond donors (Lipinski definition) is 2. The number of hydrogen-bond acceptors (Lipinski definition) is 5. The summed E-state index contributed by atoms with van der Waals surface area (Å²) in [5.41, 5.74) is 0.172. The zero-order valence-electron chi connectivity index (χ0n) is 16.6. The molecule has 3 heterocycles. The summed E-state index contributed by atoms with van der Waals surface area (Å²) in [4.78, 5) is 24.9. The third-order valence-corrected chi connectivity index (χ3v) is 6.79. The molecule has 2 aromatic heterocycles. The van der Waals surface area contributed by atoms with Crippen LogP contribution >= 0.6 is 0 Å². The Morgan fingerprint density at radius 2 is 1.97 bits per heavy atom. The number of piperidine rings is 1. The molecule has 0 spiro atoms. The first-order valence-corrected chi connectivity index (χ1v) is 11.0. The summed E-state index contributed by atoms with van der Waals surface area (Å²) < 4.78 is 33.7. The lowest BCUT2D eigenvalue weighted by Gasteiger charge is -2.25. The molecule has 1 saturated heterocycles. The number of furan rings is 1. The lowest BCUT2D eigenvalue weighted by Crippen LogP contribution is -2.44. The molecule has 2 N–H and O–H groups in total. The monoisotopic (exact) mass is 422 g/mol. The maximum absolute atomic E-state index is 12.8. The van der Waals surface area contributed by atoms with Crippen LogP contribution in [0.1, 0.15) is 42.4 Å². The Balaban J connectivity index is 1.64. The van der Waals surface area contributed by atoms with Crippen LogP contribution in [-0.2, 0) is 28.4 Å². The van der Waals surface area contributed by atoms with Gasteiger partial charge in [0.2, 0.25) is 15.9 Å². The third-order valence-electron chi connectivity index (χ3n) is 4.92. The molecule has 1 unspecified atom stereocenters. The highest BCUT2D eigenvalue weighted by atomic mass is 32.2. The highest BCUT2D eigenvalue weighted by molar-refractivity contribution is 7.89. The normalized spacial score (nSPS) is 16.3. The van der Waals surface area contributed by atoms with Gasteiger partial charge in [-0.3, -0.25) is 9.59 Å². The summed E-state index contributed by atoms with van der Waals surface area (Å²) in [5.74, 6) is -0.287. The summed E-state index contributed by atoms with van der Waals surface area (Å²) in [6.45, 7) is 2.76. The van der Waals surface area contributed by atoms with Crippen molar-refractivity contribution in [2.45, 2.75) is 43.7 Å². The van der Waals surface area contributed by atoms with Gasteiger partial charge < -0.3 is 19.6 Å². The highest BCUT2D eigenvalue weighted by Gasteiger charge is 2.29. The quantitative estimate of drug-likeness (QED) is 0.697. The van der Waals surface area contributed by atoms with E-state index in [4.69, 9.17) is 4.42 Å². The lowest BCUT2D eigenvalue weighted by molar-refractivity contribution is -0.122. The van der Waals surface area contributed by atoms with Crippen LogP contribution in [0, 0.1) is 0 Å². The Kier molecular flexibility index (Phi) is 6.43. The van der Waals surface area contributed by atoms with Gasteiger partial charge >= 0.3 is 0 Å². The van der Waals surface area contributed by atoms with E-state index < -0.39 is 22.0 Å². The minimum atomic E-state index is -3.63. The van der Waals surface area contributed by atoms with Crippen LogP contribution in [0.5, 0.6) is 0 Å². The van der Waals surface area contributed by atoms with Gasteiger partial charge in [0.05, 0.1) is 12.8 Å². The molecule has 29 heavy (non-hydrogen) atoms. The fourth-order valence-electron chi connectivity index (χ4n) is 3.23. The molecule has 3 rings (SSSR count). The summed E-state index contributed by atoms with van der Waals surface area (Å²) in [6.07, 6.45) is 5.64. The van der Waals surface area contributed by atoms with Gasteiger partial charge in [-0.2, -0.15) is 4.31 Å². The van der Waals surface area contributed by atoms with Crippen molar-refractivity contribution < 1.29 is 22.4 Å². The number of amides is 2. The average molecular weight is 423 g/mol. The van der Waals surface area contributed by atoms with Crippen LogP contribution in [0.3, 0.4) is 0 Å². The van der Waals surface area contributed by atoms with Crippen molar-refractivity contribution in [2.24, 2.45) is 7.05 Å². The molecule has 158 valence electrons. The fraction of sp³-hybridized carbons (Fsp3) is 0.474. The highest BCUT2D eigenvalue weighted by Crippen LogP contribution is 2.22. The van der Waals surface area contributed by atoms with Gasteiger partial charge in [0.1, 0.15) is 22.4 Å². The van der Waals surface area contributed by atoms with Crippen molar-refractivity contribution in [2.75, 3.05) is 13.1 Å². The largest absolute Gasteiger partial charge is 0.467 e. The number of nitrogens with zero attached hydrogens (tertiary/aromatic N) is 2. The smallest absolute Gasteiger partial charge is 0.268 e. The van der Waals surface area contributed by atoms with Crippen LogP contribution in [0.4, 0.5) is 0 Å². The van der Waals surface area contributed by atoms with Crippen LogP contribution in [0.2, 0.25) is 0 Å². The van der Waals surface area contributed by atoms with Gasteiger partial charge in [0.15, 0.2) is 0 Å². The second-order valence-corrected chi connectivity index (χ2v) is 9.07. The van der Waals surface area contributed by atoms with Crippen molar-refractivity contribution in [3.8, 4) is 0 Å². The van der Waals surface area contributed by atoms with E-state index in [0.717, 1.165) is 19.3 Å². The summed E-state index contributed by atoms with van der Waals surface area (Å²) in [6, 6.07) is 4.01. The van der Waals surface area contributed by atoms with Crippen molar-refractivity contribution in [3.63, 3.8) is 0 Å². The molecule has 0 aliphatic carbocycles. The second kappa shape index (κ2) is 8.83. The minimum Gasteiger partial charge on any atom is -0.467 e. The number of sulfonamides is 1. The first-order chi connectivity index (χ1) is 13.8. The van der Waals surface area contributed by atoms with Gasteiger partial charge in [-0.05, 0) is 38.0 Å². The molecule has 2 aromatic rings. The molecule has 1 atom stereocenters. The summed E-state index contributed by atoms with van der Waals surface area (Å²) >= 11 is 0. The molecular weight excluding hydrogens is 396 g/mol. The zero-order chi connectivity index (χ0) is 21.0. The van der Waals surface area contributed by atoms with Gasteiger partial charge in [0.25, 0.3) is 5.91 Å². The molecule has 1 aliphatic rings. The number of rotatable bonds is 7.